The molecule has 1 aliphatic heterocycles. The van der Waals surface area contributed by atoms with Gasteiger partial charge >= 0.3 is 0 Å². The van der Waals surface area contributed by atoms with Crippen LogP contribution in [0.4, 0.5) is 5.13 Å². The summed E-state index contributed by atoms with van der Waals surface area (Å²) in [7, 11) is 2.10. The van der Waals surface area contributed by atoms with Crippen molar-refractivity contribution in [3.63, 3.8) is 0 Å². The number of hydrogen-bond donors (Lipinski definition) is 1. The molecule has 3 heterocycles. The van der Waals surface area contributed by atoms with Gasteiger partial charge in [0.2, 0.25) is 5.91 Å². The van der Waals surface area contributed by atoms with Gasteiger partial charge < -0.3 is 10.2 Å². The Morgan fingerprint density at radius 1 is 1.40 bits per heavy atom. The summed E-state index contributed by atoms with van der Waals surface area (Å²) in [6.45, 7) is 4.32. The highest BCUT2D eigenvalue weighted by Crippen LogP contribution is 2.23. The summed E-state index contributed by atoms with van der Waals surface area (Å²) in [6, 6.07) is 3.74. The first-order chi connectivity index (χ1) is 9.70. The molecule has 0 aliphatic carbocycles. The largest absolute Gasteiger partial charge is 0.304 e. The molecule has 0 spiro atoms. The van der Waals surface area contributed by atoms with Crippen LogP contribution in [0.1, 0.15) is 0 Å². The minimum Gasteiger partial charge on any atom is -0.304 e. The monoisotopic (exact) mass is 291 g/mol. The van der Waals surface area contributed by atoms with Crippen LogP contribution < -0.4 is 5.32 Å². The number of piperazine rings is 1. The van der Waals surface area contributed by atoms with Crippen molar-refractivity contribution in [3.05, 3.63) is 18.3 Å². The van der Waals surface area contributed by atoms with Gasteiger partial charge in [-0.05, 0) is 19.2 Å². The first-order valence-corrected chi connectivity index (χ1v) is 7.45. The lowest BCUT2D eigenvalue weighted by Crippen LogP contribution is -2.47. The molecule has 3 rings (SSSR count). The molecule has 1 N–H and O–H groups in total. The van der Waals surface area contributed by atoms with Gasteiger partial charge in [0.1, 0.15) is 10.3 Å². The quantitative estimate of drug-likeness (QED) is 0.909. The van der Waals surface area contributed by atoms with E-state index < -0.39 is 0 Å². The Kier molecular flexibility index (Phi) is 3.90. The number of pyridine rings is 1. The van der Waals surface area contributed by atoms with E-state index in [9.17, 15) is 4.79 Å². The van der Waals surface area contributed by atoms with Crippen molar-refractivity contribution in [2.45, 2.75) is 0 Å². The van der Waals surface area contributed by atoms with E-state index in [0.717, 1.165) is 36.5 Å². The van der Waals surface area contributed by atoms with Gasteiger partial charge in [0.15, 0.2) is 5.13 Å². The highest BCUT2D eigenvalue weighted by molar-refractivity contribution is 7.21. The number of carbonyl (C=O) groups excluding carboxylic acids is 1. The van der Waals surface area contributed by atoms with Crippen LogP contribution in [0.25, 0.3) is 10.3 Å². The predicted octanol–water partition coefficient (Wildman–Crippen LogP) is 0.877. The second kappa shape index (κ2) is 5.82. The third-order valence-electron chi connectivity index (χ3n) is 3.38. The molecule has 0 aromatic carbocycles. The van der Waals surface area contributed by atoms with Crippen molar-refractivity contribution in [1.82, 2.24) is 19.8 Å². The average molecular weight is 291 g/mol. The third-order valence-corrected chi connectivity index (χ3v) is 4.27. The normalized spacial score (nSPS) is 17.4. The summed E-state index contributed by atoms with van der Waals surface area (Å²) in [6.07, 6.45) is 1.73. The molecule has 0 unspecified atom stereocenters. The third kappa shape index (κ3) is 3.12. The highest BCUT2D eigenvalue weighted by atomic mass is 32.1. The number of likely N-dealkylation sites (N-methyl/N-ethyl adjacent to an activating group) is 1. The lowest BCUT2D eigenvalue weighted by molar-refractivity contribution is -0.117. The maximum atomic E-state index is 12.0. The van der Waals surface area contributed by atoms with E-state index in [2.05, 4.69) is 32.1 Å². The molecule has 0 radical (unpaired) electrons. The van der Waals surface area contributed by atoms with E-state index in [1.54, 1.807) is 6.20 Å². The fourth-order valence-corrected chi connectivity index (χ4v) is 3.02. The standard InChI is InChI=1S/C13H17N5OS/c1-17-5-7-18(8-6-17)9-11(19)16-13-15-10-3-2-4-14-12(10)20-13/h2-4H,5-9H2,1H3,(H,15,16,19). The minimum atomic E-state index is -0.00592. The fraction of sp³-hybridized carbons (Fsp3) is 0.462. The van der Waals surface area contributed by atoms with Gasteiger partial charge in [-0.1, -0.05) is 11.3 Å². The number of amides is 1. The lowest BCUT2D eigenvalue weighted by atomic mass is 10.3. The summed E-state index contributed by atoms with van der Waals surface area (Å²) >= 11 is 1.41. The van der Waals surface area contributed by atoms with Crippen LogP contribution in [-0.2, 0) is 4.79 Å². The van der Waals surface area contributed by atoms with Gasteiger partial charge in [0.05, 0.1) is 6.54 Å². The molecule has 1 aliphatic rings. The molecule has 1 amide bonds. The lowest BCUT2D eigenvalue weighted by Gasteiger charge is -2.31. The summed E-state index contributed by atoms with van der Waals surface area (Å²) in [4.78, 5) is 25.9. The maximum absolute atomic E-state index is 12.0. The topological polar surface area (TPSA) is 61.4 Å². The maximum Gasteiger partial charge on any atom is 0.240 e. The van der Waals surface area contributed by atoms with Gasteiger partial charge in [-0.15, -0.1) is 0 Å². The van der Waals surface area contributed by atoms with Crippen LogP contribution in [0.3, 0.4) is 0 Å². The predicted molar refractivity (Wildman–Crippen MR) is 80.0 cm³/mol. The molecule has 1 fully saturated rings. The molecule has 6 nitrogen and oxygen atoms in total. The van der Waals surface area contributed by atoms with Crippen molar-refractivity contribution >= 4 is 32.7 Å². The number of aromatic nitrogens is 2. The van der Waals surface area contributed by atoms with Crippen LogP contribution in [0.2, 0.25) is 0 Å². The van der Waals surface area contributed by atoms with E-state index in [1.807, 2.05) is 12.1 Å². The van der Waals surface area contributed by atoms with Crippen LogP contribution in [0.15, 0.2) is 18.3 Å². The van der Waals surface area contributed by atoms with Gasteiger partial charge in [-0.25, -0.2) is 9.97 Å². The number of thiazole rings is 1. The Balaban J connectivity index is 1.58. The number of fused-ring (bicyclic) bond motifs is 1. The molecule has 1 saturated heterocycles. The van der Waals surface area contributed by atoms with E-state index >= 15 is 0 Å². The summed E-state index contributed by atoms with van der Waals surface area (Å²) < 4.78 is 0. The number of rotatable bonds is 3. The molecule has 106 valence electrons. The van der Waals surface area contributed by atoms with Crippen LogP contribution in [0, 0.1) is 0 Å². The van der Waals surface area contributed by atoms with E-state index in [1.165, 1.54) is 11.3 Å². The molecule has 0 saturated carbocycles. The van der Waals surface area contributed by atoms with Crippen molar-refractivity contribution in [2.24, 2.45) is 0 Å². The van der Waals surface area contributed by atoms with Gasteiger partial charge in [0, 0.05) is 32.4 Å². The minimum absolute atomic E-state index is 0.00592. The smallest absolute Gasteiger partial charge is 0.240 e. The number of nitrogens with zero attached hydrogens (tertiary/aromatic N) is 4. The average Bonchev–Trinajstić information content (AvgIpc) is 2.83. The Morgan fingerprint density at radius 3 is 2.95 bits per heavy atom. The van der Waals surface area contributed by atoms with Gasteiger partial charge in [-0.3, -0.25) is 9.69 Å². The Bertz CT molecular complexity index is 573. The number of carbonyl (C=O) groups is 1. The Hall–Kier alpha value is -1.57. The van der Waals surface area contributed by atoms with Gasteiger partial charge in [0.25, 0.3) is 0 Å². The summed E-state index contributed by atoms with van der Waals surface area (Å²) in [5.74, 6) is -0.00592. The van der Waals surface area contributed by atoms with E-state index in [0.29, 0.717) is 11.7 Å². The second-order valence-corrected chi connectivity index (χ2v) is 5.95. The highest BCUT2D eigenvalue weighted by Gasteiger charge is 2.17. The summed E-state index contributed by atoms with van der Waals surface area (Å²) in [5.41, 5.74) is 0.826. The Labute approximate surface area is 121 Å². The first kappa shape index (κ1) is 13.4. The zero-order valence-corrected chi connectivity index (χ0v) is 12.2. The molecule has 7 heteroatoms. The van der Waals surface area contributed by atoms with E-state index in [-0.39, 0.29) is 5.91 Å². The molecular formula is C13H17N5OS. The molecular weight excluding hydrogens is 274 g/mol. The van der Waals surface area contributed by atoms with E-state index in [4.69, 9.17) is 0 Å². The zero-order chi connectivity index (χ0) is 13.9. The fourth-order valence-electron chi connectivity index (χ4n) is 2.19. The van der Waals surface area contributed by atoms with Crippen molar-refractivity contribution in [2.75, 3.05) is 45.1 Å². The molecule has 2 aromatic heterocycles. The molecule has 0 atom stereocenters. The molecule has 20 heavy (non-hydrogen) atoms. The van der Waals surface area contributed by atoms with Crippen molar-refractivity contribution < 1.29 is 4.79 Å². The molecule has 0 bridgehead atoms. The van der Waals surface area contributed by atoms with Crippen LogP contribution in [-0.4, -0.2) is 65.4 Å². The number of anilines is 1. The Morgan fingerprint density at radius 2 is 2.20 bits per heavy atom. The van der Waals surface area contributed by atoms with Crippen molar-refractivity contribution in [3.8, 4) is 0 Å². The molecule has 2 aromatic rings. The first-order valence-electron chi connectivity index (χ1n) is 6.63. The second-order valence-electron chi connectivity index (χ2n) is 4.97. The SMILES string of the molecule is CN1CCN(CC(=O)Nc2nc3cccnc3s2)CC1. The zero-order valence-electron chi connectivity index (χ0n) is 11.4. The number of nitrogens with one attached hydrogen (secondary N) is 1. The van der Waals surface area contributed by atoms with Gasteiger partial charge in [-0.2, -0.15) is 0 Å². The van der Waals surface area contributed by atoms with Crippen LogP contribution in [0.5, 0.6) is 0 Å². The summed E-state index contributed by atoms with van der Waals surface area (Å²) in [5, 5.41) is 3.49. The van der Waals surface area contributed by atoms with Crippen molar-refractivity contribution in [1.29, 1.82) is 0 Å². The number of hydrogen-bond acceptors (Lipinski definition) is 6. The van der Waals surface area contributed by atoms with Crippen LogP contribution >= 0.6 is 11.3 Å².